The Balaban J connectivity index is 1.33. The molecular formula is C19H22N4O2. The van der Waals surface area contributed by atoms with Crippen LogP contribution in [-0.4, -0.2) is 35.1 Å². The highest BCUT2D eigenvalue weighted by atomic mass is 16.5. The predicted octanol–water partition coefficient (Wildman–Crippen LogP) is 2.76. The Morgan fingerprint density at radius 1 is 1.12 bits per heavy atom. The van der Waals surface area contributed by atoms with Crippen LogP contribution in [0.25, 0.3) is 0 Å². The number of rotatable bonds is 3. The SMILES string of the molecule is O=C(Nc1ccc(OC2CCNCC2)cc1)N1Cc2ccncc2C1. The number of hydrogen-bond donors (Lipinski definition) is 2. The lowest BCUT2D eigenvalue weighted by Gasteiger charge is -2.24. The molecule has 1 aromatic heterocycles. The molecule has 0 aliphatic carbocycles. The first-order valence-electron chi connectivity index (χ1n) is 8.73. The summed E-state index contributed by atoms with van der Waals surface area (Å²) in [6, 6.07) is 9.48. The first-order valence-corrected chi connectivity index (χ1v) is 8.73. The van der Waals surface area contributed by atoms with Gasteiger partial charge in [-0.3, -0.25) is 4.98 Å². The van der Waals surface area contributed by atoms with Crippen molar-refractivity contribution in [3.05, 3.63) is 53.9 Å². The number of carbonyl (C=O) groups is 1. The monoisotopic (exact) mass is 338 g/mol. The van der Waals surface area contributed by atoms with Crippen LogP contribution in [0.15, 0.2) is 42.7 Å². The van der Waals surface area contributed by atoms with E-state index in [0.717, 1.165) is 48.5 Å². The van der Waals surface area contributed by atoms with Gasteiger partial charge in [-0.15, -0.1) is 0 Å². The number of benzene rings is 1. The maximum absolute atomic E-state index is 12.4. The van der Waals surface area contributed by atoms with E-state index >= 15 is 0 Å². The van der Waals surface area contributed by atoms with E-state index in [1.165, 1.54) is 0 Å². The number of pyridine rings is 1. The van der Waals surface area contributed by atoms with Gasteiger partial charge in [0.25, 0.3) is 0 Å². The van der Waals surface area contributed by atoms with Gasteiger partial charge >= 0.3 is 6.03 Å². The summed E-state index contributed by atoms with van der Waals surface area (Å²) >= 11 is 0. The molecule has 2 amide bonds. The van der Waals surface area contributed by atoms with Gasteiger partial charge < -0.3 is 20.3 Å². The van der Waals surface area contributed by atoms with E-state index in [1.54, 1.807) is 11.1 Å². The maximum Gasteiger partial charge on any atom is 0.322 e. The third-order valence-electron chi connectivity index (χ3n) is 4.71. The summed E-state index contributed by atoms with van der Waals surface area (Å²) in [6.45, 7) is 3.24. The molecule has 6 heteroatoms. The third-order valence-corrected chi connectivity index (χ3v) is 4.71. The molecule has 1 aromatic carbocycles. The maximum atomic E-state index is 12.4. The van der Waals surface area contributed by atoms with Crippen molar-refractivity contribution in [3.63, 3.8) is 0 Å². The van der Waals surface area contributed by atoms with Gasteiger partial charge in [-0.05, 0) is 67.4 Å². The molecule has 130 valence electrons. The van der Waals surface area contributed by atoms with Gasteiger partial charge in [0.1, 0.15) is 11.9 Å². The van der Waals surface area contributed by atoms with Gasteiger partial charge in [-0.1, -0.05) is 0 Å². The van der Waals surface area contributed by atoms with Crippen molar-refractivity contribution >= 4 is 11.7 Å². The Morgan fingerprint density at radius 3 is 2.64 bits per heavy atom. The van der Waals surface area contributed by atoms with Crippen LogP contribution in [-0.2, 0) is 13.1 Å². The van der Waals surface area contributed by atoms with Crippen molar-refractivity contribution in [3.8, 4) is 5.75 Å². The van der Waals surface area contributed by atoms with Gasteiger partial charge in [0, 0.05) is 31.2 Å². The molecule has 0 atom stereocenters. The molecule has 3 heterocycles. The summed E-state index contributed by atoms with van der Waals surface area (Å²) in [6.07, 6.45) is 5.93. The first kappa shape index (κ1) is 15.9. The molecule has 25 heavy (non-hydrogen) atoms. The highest BCUT2D eigenvalue weighted by molar-refractivity contribution is 5.89. The Bertz CT molecular complexity index is 716. The quantitative estimate of drug-likeness (QED) is 0.903. The van der Waals surface area contributed by atoms with Crippen molar-refractivity contribution in [2.45, 2.75) is 32.0 Å². The number of urea groups is 1. The lowest BCUT2D eigenvalue weighted by atomic mass is 10.1. The normalized spacial score (nSPS) is 17.2. The molecule has 2 N–H and O–H groups in total. The van der Waals surface area contributed by atoms with Crippen molar-refractivity contribution in [2.75, 3.05) is 18.4 Å². The van der Waals surface area contributed by atoms with Crippen LogP contribution in [0, 0.1) is 0 Å². The second-order valence-corrected chi connectivity index (χ2v) is 6.52. The van der Waals surface area contributed by atoms with Crippen LogP contribution in [0.2, 0.25) is 0 Å². The van der Waals surface area contributed by atoms with Crippen LogP contribution in [0.3, 0.4) is 0 Å². The molecule has 0 unspecified atom stereocenters. The van der Waals surface area contributed by atoms with Crippen LogP contribution < -0.4 is 15.4 Å². The topological polar surface area (TPSA) is 66.5 Å². The fourth-order valence-electron chi connectivity index (χ4n) is 3.29. The van der Waals surface area contributed by atoms with E-state index in [1.807, 2.05) is 36.5 Å². The standard InChI is InChI=1S/C19H22N4O2/c24-19(23-12-14-5-8-21-11-15(14)13-23)22-16-1-3-17(4-2-16)25-18-6-9-20-10-7-18/h1-5,8,11,18,20H,6-7,9-10,12-13H2,(H,22,24). The van der Waals surface area contributed by atoms with Crippen molar-refractivity contribution < 1.29 is 9.53 Å². The number of piperidine rings is 1. The minimum atomic E-state index is -0.0942. The molecule has 1 fully saturated rings. The molecule has 0 saturated carbocycles. The average molecular weight is 338 g/mol. The largest absolute Gasteiger partial charge is 0.490 e. The number of aromatic nitrogens is 1. The lowest BCUT2D eigenvalue weighted by molar-refractivity contribution is 0.162. The molecular weight excluding hydrogens is 316 g/mol. The Kier molecular flexibility index (Phi) is 4.52. The van der Waals surface area contributed by atoms with Crippen LogP contribution in [0.1, 0.15) is 24.0 Å². The molecule has 0 radical (unpaired) electrons. The van der Waals surface area contributed by atoms with E-state index < -0.39 is 0 Å². The number of ether oxygens (including phenoxy) is 1. The minimum Gasteiger partial charge on any atom is -0.490 e. The summed E-state index contributed by atoms with van der Waals surface area (Å²) in [5, 5.41) is 6.28. The molecule has 6 nitrogen and oxygen atoms in total. The number of hydrogen-bond acceptors (Lipinski definition) is 4. The van der Waals surface area contributed by atoms with E-state index in [2.05, 4.69) is 15.6 Å². The molecule has 4 rings (SSSR count). The van der Waals surface area contributed by atoms with Crippen molar-refractivity contribution in [2.24, 2.45) is 0 Å². The predicted molar refractivity (Wildman–Crippen MR) is 95.5 cm³/mol. The van der Waals surface area contributed by atoms with Crippen LogP contribution in [0.4, 0.5) is 10.5 Å². The summed E-state index contributed by atoms with van der Waals surface area (Å²) in [4.78, 5) is 18.3. The first-order chi connectivity index (χ1) is 12.3. The smallest absolute Gasteiger partial charge is 0.322 e. The number of carbonyl (C=O) groups excluding carboxylic acids is 1. The van der Waals surface area contributed by atoms with Crippen LogP contribution >= 0.6 is 0 Å². The van der Waals surface area contributed by atoms with E-state index in [9.17, 15) is 4.79 Å². The van der Waals surface area contributed by atoms with Gasteiger partial charge in [0.15, 0.2) is 0 Å². The van der Waals surface area contributed by atoms with Gasteiger partial charge in [-0.25, -0.2) is 4.79 Å². The van der Waals surface area contributed by atoms with E-state index in [0.29, 0.717) is 13.1 Å². The molecule has 0 spiro atoms. The fourth-order valence-corrected chi connectivity index (χ4v) is 3.29. The molecule has 2 aliphatic heterocycles. The number of nitrogens with zero attached hydrogens (tertiary/aromatic N) is 2. The van der Waals surface area contributed by atoms with Gasteiger partial charge in [-0.2, -0.15) is 0 Å². The highest BCUT2D eigenvalue weighted by Crippen LogP contribution is 2.23. The number of nitrogens with one attached hydrogen (secondary N) is 2. The highest BCUT2D eigenvalue weighted by Gasteiger charge is 2.23. The van der Waals surface area contributed by atoms with Crippen molar-refractivity contribution in [1.29, 1.82) is 0 Å². The molecule has 0 bridgehead atoms. The lowest BCUT2D eigenvalue weighted by Crippen LogP contribution is -2.34. The second kappa shape index (κ2) is 7.11. The summed E-state index contributed by atoms with van der Waals surface area (Å²) in [7, 11) is 0. The third kappa shape index (κ3) is 3.74. The van der Waals surface area contributed by atoms with E-state index in [-0.39, 0.29) is 12.1 Å². The zero-order valence-corrected chi connectivity index (χ0v) is 14.1. The van der Waals surface area contributed by atoms with E-state index in [4.69, 9.17) is 4.74 Å². The fraction of sp³-hybridized carbons (Fsp3) is 0.368. The Morgan fingerprint density at radius 2 is 1.88 bits per heavy atom. The number of anilines is 1. The van der Waals surface area contributed by atoms with Gasteiger partial charge in [0.2, 0.25) is 0 Å². The Labute approximate surface area is 147 Å². The summed E-state index contributed by atoms with van der Waals surface area (Å²) in [5.41, 5.74) is 3.05. The molecule has 1 saturated heterocycles. The second-order valence-electron chi connectivity index (χ2n) is 6.52. The summed E-state index contributed by atoms with van der Waals surface area (Å²) < 4.78 is 5.99. The zero-order chi connectivity index (χ0) is 17.1. The Hall–Kier alpha value is -2.60. The van der Waals surface area contributed by atoms with Gasteiger partial charge in [0.05, 0.1) is 0 Å². The average Bonchev–Trinajstić information content (AvgIpc) is 3.09. The van der Waals surface area contributed by atoms with Crippen LogP contribution in [0.5, 0.6) is 5.75 Å². The molecule has 2 aliphatic rings. The molecule has 2 aromatic rings. The minimum absolute atomic E-state index is 0.0942. The zero-order valence-electron chi connectivity index (χ0n) is 14.1. The number of amides is 2. The number of fused-ring (bicyclic) bond motifs is 1. The van der Waals surface area contributed by atoms with Crippen molar-refractivity contribution in [1.82, 2.24) is 15.2 Å². The summed E-state index contributed by atoms with van der Waals surface area (Å²) in [5.74, 6) is 0.851.